The molecule has 4 heteroatoms. The van der Waals surface area contributed by atoms with Crippen molar-refractivity contribution in [1.82, 2.24) is 4.98 Å². The highest BCUT2D eigenvalue weighted by atomic mass is 35.5. The van der Waals surface area contributed by atoms with Crippen LogP contribution >= 0.6 is 11.6 Å². The lowest BCUT2D eigenvalue weighted by Gasteiger charge is -2.06. The van der Waals surface area contributed by atoms with Gasteiger partial charge in [-0.15, -0.1) is 11.6 Å². The molecule has 1 aromatic carbocycles. The number of halogens is 1. The number of unbranched alkanes of at least 4 members (excludes halogenated alkanes) is 1. The Hall–Kier alpha value is -1.48. The molecule has 0 saturated heterocycles. The van der Waals surface area contributed by atoms with Crippen LogP contribution in [-0.2, 0) is 5.88 Å². The second-order valence-corrected chi connectivity index (χ2v) is 4.25. The van der Waals surface area contributed by atoms with E-state index in [2.05, 4.69) is 11.9 Å². The van der Waals surface area contributed by atoms with E-state index in [1.807, 2.05) is 24.3 Å². The number of benzene rings is 1. The average molecular weight is 266 g/mol. The maximum absolute atomic E-state index is 5.66. The van der Waals surface area contributed by atoms with Crippen LogP contribution in [0.15, 0.2) is 34.9 Å². The largest absolute Gasteiger partial charge is 0.494 e. The van der Waals surface area contributed by atoms with Gasteiger partial charge in [0.25, 0.3) is 0 Å². The molecule has 0 amide bonds. The molecule has 2 aromatic rings. The van der Waals surface area contributed by atoms with Crippen LogP contribution in [0.3, 0.4) is 0 Å². The second kappa shape index (κ2) is 6.45. The predicted octanol–water partition coefficient (Wildman–Crippen LogP) is 4.26. The predicted molar refractivity (Wildman–Crippen MR) is 71.9 cm³/mol. The van der Waals surface area contributed by atoms with Crippen LogP contribution in [0.2, 0.25) is 0 Å². The fourth-order valence-electron chi connectivity index (χ4n) is 1.58. The standard InChI is InChI=1S/C14H16ClNO2/c1-2-3-7-17-12-6-4-5-11(8-12)13-10-16-14(9-15)18-13/h4-6,8,10H,2-3,7,9H2,1H3. The molecule has 3 nitrogen and oxygen atoms in total. The summed E-state index contributed by atoms with van der Waals surface area (Å²) in [4.78, 5) is 4.08. The van der Waals surface area contributed by atoms with Gasteiger partial charge in [-0.25, -0.2) is 4.98 Å². The number of aromatic nitrogens is 1. The van der Waals surface area contributed by atoms with Gasteiger partial charge >= 0.3 is 0 Å². The van der Waals surface area contributed by atoms with Crippen molar-refractivity contribution >= 4 is 11.6 Å². The first-order valence-corrected chi connectivity index (χ1v) is 6.61. The molecule has 0 N–H and O–H groups in total. The van der Waals surface area contributed by atoms with Gasteiger partial charge in [0.05, 0.1) is 18.7 Å². The summed E-state index contributed by atoms with van der Waals surface area (Å²) < 4.78 is 11.2. The van der Waals surface area contributed by atoms with Gasteiger partial charge in [-0.2, -0.15) is 0 Å². The summed E-state index contributed by atoms with van der Waals surface area (Å²) in [5, 5.41) is 0. The normalized spacial score (nSPS) is 10.6. The molecule has 1 heterocycles. The van der Waals surface area contributed by atoms with Crippen molar-refractivity contribution in [2.45, 2.75) is 25.6 Å². The van der Waals surface area contributed by atoms with E-state index >= 15 is 0 Å². The Morgan fingerprint density at radius 2 is 2.28 bits per heavy atom. The third-order valence-electron chi connectivity index (χ3n) is 2.55. The molecule has 0 aliphatic carbocycles. The summed E-state index contributed by atoms with van der Waals surface area (Å²) >= 11 is 5.66. The zero-order valence-electron chi connectivity index (χ0n) is 10.4. The highest BCUT2D eigenvalue weighted by Crippen LogP contribution is 2.25. The number of oxazole rings is 1. The van der Waals surface area contributed by atoms with Crippen molar-refractivity contribution in [2.24, 2.45) is 0 Å². The van der Waals surface area contributed by atoms with E-state index in [4.69, 9.17) is 20.8 Å². The molecule has 1 aromatic heterocycles. The minimum Gasteiger partial charge on any atom is -0.494 e. The van der Waals surface area contributed by atoms with E-state index in [0.29, 0.717) is 11.7 Å². The van der Waals surface area contributed by atoms with Crippen LogP contribution in [0.4, 0.5) is 0 Å². The molecule has 0 fully saturated rings. The summed E-state index contributed by atoms with van der Waals surface area (Å²) in [6, 6.07) is 7.80. The number of rotatable bonds is 6. The second-order valence-electron chi connectivity index (χ2n) is 3.98. The highest BCUT2D eigenvalue weighted by Gasteiger charge is 2.06. The minimum atomic E-state index is 0.284. The lowest BCUT2D eigenvalue weighted by molar-refractivity contribution is 0.309. The number of alkyl halides is 1. The Kier molecular flexibility index (Phi) is 4.65. The minimum absolute atomic E-state index is 0.284. The van der Waals surface area contributed by atoms with Gasteiger partial charge < -0.3 is 9.15 Å². The smallest absolute Gasteiger partial charge is 0.209 e. The summed E-state index contributed by atoms with van der Waals surface area (Å²) in [5.41, 5.74) is 0.952. The fourth-order valence-corrected chi connectivity index (χ4v) is 1.70. The molecule has 0 aliphatic heterocycles. The third-order valence-corrected chi connectivity index (χ3v) is 2.78. The first-order chi connectivity index (χ1) is 8.83. The zero-order valence-corrected chi connectivity index (χ0v) is 11.1. The third kappa shape index (κ3) is 3.26. The molecule has 0 aliphatic rings. The van der Waals surface area contributed by atoms with Crippen molar-refractivity contribution in [3.8, 4) is 17.1 Å². The summed E-state index contributed by atoms with van der Waals surface area (Å²) in [6.45, 7) is 2.88. The molecule has 2 rings (SSSR count). The van der Waals surface area contributed by atoms with Crippen LogP contribution in [0.25, 0.3) is 11.3 Å². The number of hydrogen-bond donors (Lipinski definition) is 0. The van der Waals surface area contributed by atoms with Crippen LogP contribution in [0.1, 0.15) is 25.7 Å². The Balaban J connectivity index is 2.11. The number of hydrogen-bond acceptors (Lipinski definition) is 3. The Morgan fingerprint density at radius 1 is 1.39 bits per heavy atom. The number of nitrogens with zero attached hydrogens (tertiary/aromatic N) is 1. The van der Waals surface area contributed by atoms with Crippen LogP contribution < -0.4 is 4.74 Å². The van der Waals surface area contributed by atoms with Crippen molar-refractivity contribution in [3.05, 3.63) is 36.4 Å². The topological polar surface area (TPSA) is 35.3 Å². The van der Waals surface area contributed by atoms with E-state index in [1.54, 1.807) is 6.20 Å². The molecule has 18 heavy (non-hydrogen) atoms. The molecule has 0 bridgehead atoms. The van der Waals surface area contributed by atoms with Gasteiger partial charge in [0.15, 0.2) is 5.76 Å². The van der Waals surface area contributed by atoms with Crippen molar-refractivity contribution in [2.75, 3.05) is 6.61 Å². The maximum atomic E-state index is 5.66. The summed E-state index contributed by atoms with van der Waals surface area (Å²) in [7, 11) is 0. The Bertz CT molecular complexity index is 496. The van der Waals surface area contributed by atoms with Gasteiger partial charge in [0, 0.05) is 5.56 Å². The maximum Gasteiger partial charge on any atom is 0.209 e. The van der Waals surface area contributed by atoms with E-state index in [1.165, 1.54) is 0 Å². The van der Waals surface area contributed by atoms with Gasteiger partial charge in [0.2, 0.25) is 5.89 Å². The van der Waals surface area contributed by atoms with Gasteiger partial charge in [0.1, 0.15) is 5.75 Å². The van der Waals surface area contributed by atoms with Crippen LogP contribution in [0.5, 0.6) is 5.75 Å². The lowest BCUT2D eigenvalue weighted by atomic mass is 10.2. The number of ether oxygens (including phenoxy) is 1. The monoisotopic (exact) mass is 265 g/mol. The molecular weight excluding hydrogens is 250 g/mol. The van der Waals surface area contributed by atoms with E-state index in [-0.39, 0.29) is 5.88 Å². The fraction of sp³-hybridized carbons (Fsp3) is 0.357. The first-order valence-electron chi connectivity index (χ1n) is 6.07. The molecular formula is C14H16ClNO2. The van der Waals surface area contributed by atoms with Crippen molar-refractivity contribution in [1.29, 1.82) is 0 Å². The summed E-state index contributed by atoms with van der Waals surface area (Å²) in [5.74, 6) is 2.38. The molecule has 0 unspecified atom stereocenters. The Morgan fingerprint density at radius 3 is 3.00 bits per heavy atom. The molecule has 96 valence electrons. The van der Waals surface area contributed by atoms with Crippen LogP contribution in [-0.4, -0.2) is 11.6 Å². The lowest BCUT2D eigenvalue weighted by Crippen LogP contribution is -1.96. The Labute approximate surface area is 112 Å². The average Bonchev–Trinajstić information content (AvgIpc) is 2.88. The van der Waals surface area contributed by atoms with Gasteiger partial charge in [-0.3, -0.25) is 0 Å². The quantitative estimate of drug-likeness (QED) is 0.578. The highest BCUT2D eigenvalue weighted by molar-refractivity contribution is 6.16. The van der Waals surface area contributed by atoms with Gasteiger partial charge in [-0.1, -0.05) is 25.5 Å². The van der Waals surface area contributed by atoms with Crippen molar-refractivity contribution in [3.63, 3.8) is 0 Å². The summed E-state index contributed by atoms with van der Waals surface area (Å²) in [6.07, 6.45) is 3.87. The molecule has 0 radical (unpaired) electrons. The molecule has 0 atom stereocenters. The molecule has 0 saturated carbocycles. The van der Waals surface area contributed by atoms with E-state index < -0.39 is 0 Å². The van der Waals surface area contributed by atoms with Crippen molar-refractivity contribution < 1.29 is 9.15 Å². The van der Waals surface area contributed by atoms with Gasteiger partial charge in [-0.05, 0) is 18.6 Å². The molecule has 0 spiro atoms. The first kappa shape index (κ1) is 13.0. The zero-order chi connectivity index (χ0) is 12.8. The SMILES string of the molecule is CCCCOc1cccc(-c2cnc(CCl)o2)c1. The van der Waals surface area contributed by atoms with E-state index in [0.717, 1.165) is 30.8 Å². The van der Waals surface area contributed by atoms with E-state index in [9.17, 15) is 0 Å². The van der Waals surface area contributed by atoms with Crippen LogP contribution in [0, 0.1) is 0 Å².